The van der Waals surface area contributed by atoms with Crippen molar-refractivity contribution in [3.63, 3.8) is 0 Å². The first-order valence-electron chi connectivity index (χ1n) is 9.54. The molecule has 0 amide bonds. The van der Waals surface area contributed by atoms with Crippen molar-refractivity contribution in [1.82, 2.24) is 4.90 Å². The topological polar surface area (TPSA) is 651 Å². The molecular formula is C4H40B10N2O31. The summed E-state index contributed by atoms with van der Waals surface area (Å²) in [5.74, 6) is 0. The van der Waals surface area contributed by atoms with Crippen LogP contribution in [-0.2, 0) is 4.79 Å². The van der Waals surface area contributed by atoms with Crippen LogP contribution in [0.4, 0.5) is 0 Å². The van der Waals surface area contributed by atoms with Gasteiger partial charge in [0.05, 0.1) is 0 Å². The van der Waals surface area contributed by atoms with Crippen LogP contribution in [0.25, 0.3) is 0 Å². The van der Waals surface area contributed by atoms with Crippen LogP contribution in [0.1, 0.15) is 0 Å². The molecule has 0 heterocycles. The van der Waals surface area contributed by atoms with E-state index in [0.29, 0.717) is 0 Å². The largest absolute Gasteiger partial charge is 0.631 e. The van der Waals surface area contributed by atoms with Gasteiger partial charge in [-0.15, -0.1) is 0 Å². The fraction of sp³-hybridized carbons (Fsp3) is 0.750. The second kappa shape index (κ2) is 79.9. The molecule has 0 aromatic rings. The van der Waals surface area contributed by atoms with E-state index in [-0.39, 0.29) is 0 Å². The summed E-state index contributed by atoms with van der Waals surface area (Å²) in [5, 5.41) is 220. The molecule has 47 heavy (non-hydrogen) atoms. The number of isocyanates is 1. The third kappa shape index (κ3) is 56000. The summed E-state index contributed by atoms with van der Waals surface area (Å²) in [6.45, 7) is 0. The van der Waals surface area contributed by atoms with Gasteiger partial charge < -0.3 is 156 Å². The Hall–Kier alpha value is -1.21. The molecule has 0 saturated heterocycles. The second-order valence-electron chi connectivity index (χ2n) is 4.91. The lowest BCUT2D eigenvalue weighted by molar-refractivity contribution is 0.276. The molecule has 31 N–H and O–H groups in total. The third-order valence-corrected chi connectivity index (χ3v) is 0. The van der Waals surface area contributed by atoms with Gasteiger partial charge >= 0.3 is 73.2 Å². The summed E-state index contributed by atoms with van der Waals surface area (Å²) >= 11 is 0. The van der Waals surface area contributed by atoms with Crippen LogP contribution in [0.5, 0.6) is 0 Å². The van der Waals surface area contributed by atoms with Crippen LogP contribution in [0.2, 0.25) is 0 Å². The monoisotopic (exact) mass is 722 g/mol. The fourth-order valence-electron chi connectivity index (χ4n) is 0. The van der Waals surface area contributed by atoms with Crippen LogP contribution in [0, 0.1) is 5.41 Å². The molecule has 0 aromatic heterocycles. The highest BCUT2D eigenvalue weighted by atomic mass is 16.6. The smallest absolute Gasteiger partial charge is 0.402 e. The van der Waals surface area contributed by atoms with E-state index in [1.165, 1.54) is 0 Å². The second-order valence-corrected chi connectivity index (χ2v) is 4.91. The highest BCUT2D eigenvalue weighted by Gasteiger charge is 1.95. The average molecular weight is 720 g/mol. The maximum Gasteiger partial charge on any atom is 0.631 e. The molecule has 0 rings (SSSR count). The minimum Gasteiger partial charge on any atom is -0.402 e. The van der Waals surface area contributed by atoms with Crippen molar-refractivity contribution in [3.8, 4) is 0 Å². The number of nitrogens with one attached hydrogen (secondary N) is 1. The summed E-state index contributed by atoms with van der Waals surface area (Å²) in [7, 11) is -15.7. The zero-order valence-corrected chi connectivity index (χ0v) is 24.0. The van der Waals surface area contributed by atoms with Gasteiger partial charge in [-0.05, 0) is 21.1 Å². The minimum absolute atomic E-state index is 0.750. The summed E-state index contributed by atoms with van der Waals surface area (Å²) < 4.78 is 0. The average Bonchev–Trinajstić information content (AvgIpc) is 2.62. The lowest BCUT2D eigenvalue weighted by Crippen LogP contribution is -2.07. The minimum atomic E-state index is -2.17. The molecule has 0 spiro atoms. The maximum absolute atomic E-state index is 8.35. The van der Waals surface area contributed by atoms with Crippen LogP contribution in [-0.4, -0.2) is 256 Å². The van der Waals surface area contributed by atoms with E-state index in [4.69, 9.17) is 161 Å². The first-order chi connectivity index (χ1) is 20.5. The molecule has 0 atom stereocenters. The van der Waals surface area contributed by atoms with Crippen molar-refractivity contribution in [2.24, 2.45) is 0 Å². The van der Waals surface area contributed by atoms with Gasteiger partial charge in [0, 0.05) is 0 Å². The molecule has 0 unspecified atom stereocenters. The van der Waals surface area contributed by atoms with Crippen LogP contribution in [0.15, 0.2) is 0 Å². The molecule has 33 nitrogen and oxygen atoms in total. The van der Waals surface area contributed by atoms with Crippen molar-refractivity contribution in [1.29, 1.82) is 5.41 Å². The SMILES string of the molecule is CN(C)C.N=C=O.OB(O)O.OB(O)O.OB(O)O.OB(O)O.OB(O)O.OB(O)O.OB(O)O.OB(O)O.OB(O)O.OB(O)O. The van der Waals surface area contributed by atoms with Gasteiger partial charge in [0.15, 0.2) is 0 Å². The van der Waals surface area contributed by atoms with E-state index in [2.05, 4.69) is 0 Å². The van der Waals surface area contributed by atoms with E-state index in [9.17, 15) is 0 Å². The van der Waals surface area contributed by atoms with Gasteiger partial charge in [-0.2, -0.15) is 0 Å². The zero-order valence-electron chi connectivity index (χ0n) is 24.0. The molecule has 0 radical (unpaired) electrons. The van der Waals surface area contributed by atoms with E-state index >= 15 is 0 Å². The number of hydrogen-bond acceptors (Lipinski definition) is 33. The Balaban J connectivity index is -0.0000000285. The van der Waals surface area contributed by atoms with Crippen molar-refractivity contribution in [2.75, 3.05) is 21.1 Å². The molecule has 0 aliphatic carbocycles. The standard InChI is InChI=1S/C3H9N.CHNO.10BH3O3/c1-4(2)3;2-1-3;10*2-1(3)4/h1-3H3;2H;10*2-4H. The van der Waals surface area contributed by atoms with Gasteiger partial charge in [0.25, 0.3) is 0 Å². The van der Waals surface area contributed by atoms with Gasteiger partial charge in [-0.1, -0.05) is 0 Å². The van der Waals surface area contributed by atoms with Gasteiger partial charge in [0.1, 0.15) is 0 Å². The van der Waals surface area contributed by atoms with Crippen molar-refractivity contribution in [2.45, 2.75) is 0 Å². The van der Waals surface area contributed by atoms with Crippen LogP contribution in [0.3, 0.4) is 0 Å². The Morgan fingerprint density at radius 2 is 0.298 bits per heavy atom. The normalized spacial score (nSPS) is 6.68. The predicted octanol–water partition coefficient (Wildman–Crippen LogP) is -20.4. The third-order valence-electron chi connectivity index (χ3n) is 0. The van der Waals surface area contributed by atoms with Gasteiger partial charge in [0.2, 0.25) is 6.08 Å². The Kier molecular flexibility index (Phi) is 137. The Labute approximate surface area is 267 Å². The van der Waals surface area contributed by atoms with Crippen molar-refractivity contribution in [3.05, 3.63) is 0 Å². The quantitative estimate of drug-likeness (QED) is 0.0627. The maximum atomic E-state index is 8.35. The molecule has 282 valence electrons. The lowest BCUT2D eigenvalue weighted by Gasteiger charge is -1.90. The zero-order chi connectivity index (χ0) is 42.1. The van der Waals surface area contributed by atoms with Crippen LogP contribution < -0.4 is 0 Å². The molecule has 0 aliphatic rings. The van der Waals surface area contributed by atoms with Crippen LogP contribution >= 0.6 is 0 Å². The Bertz CT molecular complexity index is 300. The molecule has 0 aromatic carbocycles. The first-order valence-corrected chi connectivity index (χ1v) is 9.54. The van der Waals surface area contributed by atoms with E-state index in [1.807, 2.05) is 26.0 Å². The van der Waals surface area contributed by atoms with E-state index < -0.39 is 73.2 Å². The highest BCUT2D eigenvalue weighted by Crippen LogP contribution is 1.48. The van der Waals surface area contributed by atoms with E-state index in [0.717, 1.165) is 6.08 Å². The van der Waals surface area contributed by atoms with Gasteiger partial charge in [-0.3, -0.25) is 0 Å². The molecular weight excluding hydrogens is 680 g/mol. The molecule has 0 saturated carbocycles. The summed E-state index contributed by atoms with van der Waals surface area (Å²) in [5.41, 5.74) is 0. The number of carbonyl (C=O) groups excluding carboxylic acids is 1. The highest BCUT2D eigenvalue weighted by molar-refractivity contribution is 6.32. The van der Waals surface area contributed by atoms with E-state index in [1.54, 1.807) is 0 Å². The Morgan fingerprint density at radius 1 is 0.298 bits per heavy atom. The molecule has 0 bridgehead atoms. The summed E-state index contributed by atoms with van der Waals surface area (Å²) in [6, 6.07) is 0. The number of rotatable bonds is 0. The molecule has 0 fully saturated rings. The Morgan fingerprint density at radius 3 is 0.298 bits per heavy atom. The number of hydrogen-bond donors (Lipinski definition) is 31. The van der Waals surface area contributed by atoms with Crippen molar-refractivity contribution < 1.29 is 156 Å². The summed E-state index contributed by atoms with van der Waals surface area (Å²) in [6.07, 6.45) is 0.750. The van der Waals surface area contributed by atoms with Crippen molar-refractivity contribution >= 4 is 79.3 Å². The van der Waals surface area contributed by atoms with Gasteiger partial charge in [-0.25, -0.2) is 10.2 Å². The molecule has 43 heteroatoms. The summed E-state index contributed by atoms with van der Waals surface area (Å²) in [4.78, 5) is 10.3. The predicted molar refractivity (Wildman–Crippen MR) is 152 cm³/mol. The lowest BCUT2D eigenvalue weighted by atomic mass is 10.3. The fourth-order valence-corrected chi connectivity index (χ4v) is 0. The number of nitrogens with zero attached hydrogens (tertiary/aromatic N) is 1. The molecule has 0 aliphatic heterocycles. The first kappa shape index (κ1) is 80.5.